The topological polar surface area (TPSA) is 37.4 Å². The minimum atomic E-state index is -0.337. The number of likely N-dealkylation sites (N-methyl/N-ethyl adjacent to an activating group) is 1. The molecule has 0 radical (unpaired) electrons. The second kappa shape index (κ2) is 7.14. The maximum Gasteiger partial charge on any atom is 0.165 e. The molecular weight excluding hydrogens is 209 g/mol. The molecule has 0 aliphatic carbocycles. The van der Waals surface area contributed by atoms with E-state index in [2.05, 4.69) is 10.3 Å². The molecule has 0 aliphatic rings. The number of halogens is 1. The monoisotopic (exact) mass is 227 g/mol. The Labute approximate surface area is 95.4 Å². The van der Waals surface area contributed by atoms with Gasteiger partial charge in [0.05, 0.1) is 13.2 Å². The Kier molecular flexibility index (Phi) is 5.74. The summed E-state index contributed by atoms with van der Waals surface area (Å²) in [6.07, 6.45) is 1.55. The molecule has 0 aliphatic heterocycles. The lowest BCUT2D eigenvalue weighted by atomic mass is 10.4. The van der Waals surface area contributed by atoms with Crippen LogP contribution in [0, 0.1) is 5.82 Å². The molecule has 5 heteroatoms. The number of hydrogen-bond acceptors (Lipinski definition) is 4. The number of nitrogens with one attached hydrogen (secondary N) is 1. The number of pyridine rings is 1. The molecule has 0 unspecified atom stereocenters. The molecular formula is C11H18FN3O. The minimum absolute atomic E-state index is 0.277. The van der Waals surface area contributed by atoms with Crippen LogP contribution in [0.5, 0.6) is 0 Å². The van der Waals surface area contributed by atoms with Crippen molar-refractivity contribution in [2.24, 2.45) is 0 Å². The Morgan fingerprint density at radius 1 is 1.44 bits per heavy atom. The quantitative estimate of drug-likeness (QED) is 0.710. The maximum absolute atomic E-state index is 13.1. The first-order valence-electron chi connectivity index (χ1n) is 5.27. The summed E-state index contributed by atoms with van der Waals surface area (Å²) in [5, 5.41) is 2.88. The second-order valence-corrected chi connectivity index (χ2v) is 3.68. The van der Waals surface area contributed by atoms with Crippen LogP contribution in [0.3, 0.4) is 0 Å². The Bertz CT molecular complexity index is 307. The van der Waals surface area contributed by atoms with Crippen molar-refractivity contribution in [3.05, 3.63) is 24.1 Å². The van der Waals surface area contributed by atoms with Gasteiger partial charge in [0, 0.05) is 19.3 Å². The fourth-order valence-corrected chi connectivity index (χ4v) is 1.11. The zero-order valence-corrected chi connectivity index (χ0v) is 9.74. The van der Waals surface area contributed by atoms with E-state index in [1.807, 2.05) is 19.0 Å². The van der Waals surface area contributed by atoms with E-state index in [-0.39, 0.29) is 11.6 Å². The number of nitrogens with zero attached hydrogens (tertiary/aromatic N) is 2. The van der Waals surface area contributed by atoms with Crippen LogP contribution in [0.1, 0.15) is 0 Å². The van der Waals surface area contributed by atoms with E-state index in [0.717, 1.165) is 6.54 Å². The van der Waals surface area contributed by atoms with E-state index in [1.165, 1.54) is 6.07 Å². The third-order valence-corrected chi connectivity index (χ3v) is 1.98. The van der Waals surface area contributed by atoms with Crippen LogP contribution in [0.4, 0.5) is 10.2 Å². The predicted molar refractivity (Wildman–Crippen MR) is 62.1 cm³/mol. The molecule has 1 aromatic rings. The highest BCUT2D eigenvalue weighted by molar-refractivity contribution is 5.35. The van der Waals surface area contributed by atoms with Crippen LogP contribution in [0.15, 0.2) is 18.3 Å². The Morgan fingerprint density at radius 2 is 2.25 bits per heavy atom. The molecule has 0 atom stereocenters. The van der Waals surface area contributed by atoms with Crippen molar-refractivity contribution < 1.29 is 9.13 Å². The molecule has 1 N–H and O–H groups in total. The highest BCUT2D eigenvalue weighted by Gasteiger charge is 1.99. The summed E-state index contributed by atoms with van der Waals surface area (Å²) < 4.78 is 18.4. The van der Waals surface area contributed by atoms with Crippen molar-refractivity contribution in [2.75, 3.05) is 45.7 Å². The van der Waals surface area contributed by atoms with Crippen LogP contribution in [0.25, 0.3) is 0 Å². The Morgan fingerprint density at radius 3 is 2.94 bits per heavy atom. The summed E-state index contributed by atoms with van der Waals surface area (Å²) in [5.41, 5.74) is 0. The minimum Gasteiger partial charge on any atom is -0.378 e. The molecule has 1 rings (SSSR count). The first kappa shape index (κ1) is 12.9. The van der Waals surface area contributed by atoms with Gasteiger partial charge >= 0.3 is 0 Å². The third kappa shape index (κ3) is 5.04. The van der Waals surface area contributed by atoms with Gasteiger partial charge in [0.15, 0.2) is 11.6 Å². The highest BCUT2D eigenvalue weighted by Crippen LogP contribution is 2.07. The highest BCUT2D eigenvalue weighted by atomic mass is 19.1. The van der Waals surface area contributed by atoms with Gasteiger partial charge in [-0.1, -0.05) is 0 Å². The van der Waals surface area contributed by atoms with E-state index in [0.29, 0.717) is 19.8 Å². The number of hydrogen-bond donors (Lipinski definition) is 1. The van der Waals surface area contributed by atoms with Crippen LogP contribution in [0.2, 0.25) is 0 Å². The molecule has 4 nitrogen and oxygen atoms in total. The summed E-state index contributed by atoms with van der Waals surface area (Å²) in [6.45, 7) is 2.67. The fraction of sp³-hybridized carbons (Fsp3) is 0.545. The smallest absolute Gasteiger partial charge is 0.165 e. The summed E-state index contributed by atoms with van der Waals surface area (Å²) in [6, 6.07) is 2.94. The molecule has 0 amide bonds. The van der Waals surface area contributed by atoms with Crippen LogP contribution >= 0.6 is 0 Å². The Hall–Kier alpha value is -1.20. The van der Waals surface area contributed by atoms with Gasteiger partial charge in [-0.05, 0) is 26.2 Å². The van der Waals surface area contributed by atoms with E-state index in [9.17, 15) is 4.39 Å². The molecule has 90 valence electrons. The average molecular weight is 227 g/mol. The van der Waals surface area contributed by atoms with Crippen molar-refractivity contribution in [3.8, 4) is 0 Å². The first-order valence-corrected chi connectivity index (χ1v) is 5.27. The molecule has 0 bridgehead atoms. The van der Waals surface area contributed by atoms with E-state index < -0.39 is 0 Å². The first-order chi connectivity index (χ1) is 7.70. The van der Waals surface area contributed by atoms with Crippen molar-refractivity contribution >= 4 is 5.82 Å². The number of ether oxygens (including phenoxy) is 1. The third-order valence-electron chi connectivity index (χ3n) is 1.98. The molecule has 0 saturated heterocycles. The van der Waals surface area contributed by atoms with Crippen LogP contribution in [-0.2, 0) is 4.74 Å². The molecule has 0 fully saturated rings. The van der Waals surface area contributed by atoms with Gasteiger partial charge in [-0.15, -0.1) is 0 Å². The number of anilines is 1. The van der Waals surface area contributed by atoms with E-state index in [4.69, 9.17) is 4.74 Å². The molecule has 1 heterocycles. The SMILES string of the molecule is CN(C)CCOCCNc1ncccc1F. The largest absolute Gasteiger partial charge is 0.378 e. The lowest BCUT2D eigenvalue weighted by molar-refractivity contribution is 0.126. The zero-order chi connectivity index (χ0) is 11.8. The standard InChI is InChI=1S/C11H18FN3O/c1-15(2)7-9-16-8-6-14-11-10(12)4-3-5-13-11/h3-5H,6-9H2,1-2H3,(H,13,14). The Balaban J connectivity index is 2.10. The number of rotatable bonds is 7. The van der Waals surface area contributed by atoms with E-state index in [1.54, 1.807) is 12.3 Å². The van der Waals surface area contributed by atoms with Crippen molar-refractivity contribution in [1.82, 2.24) is 9.88 Å². The van der Waals surface area contributed by atoms with Gasteiger partial charge in [-0.25, -0.2) is 9.37 Å². The summed E-state index contributed by atoms with van der Waals surface area (Å²) in [5.74, 6) is -0.0606. The molecule has 0 aromatic carbocycles. The average Bonchev–Trinajstić information content (AvgIpc) is 2.25. The normalized spacial score (nSPS) is 10.8. The second-order valence-electron chi connectivity index (χ2n) is 3.68. The van der Waals surface area contributed by atoms with Gasteiger partial charge in [-0.3, -0.25) is 0 Å². The van der Waals surface area contributed by atoms with Crippen molar-refractivity contribution in [1.29, 1.82) is 0 Å². The van der Waals surface area contributed by atoms with Crippen molar-refractivity contribution in [2.45, 2.75) is 0 Å². The van der Waals surface area contributed by atoms with Gasteiger partial charge in [-0.2, -0.15) is 0 Å². The molecule has 1 aromatic heterocycles. The molecule has 0 spiro atoms. The zero-order valence-electron chi connectivity index (χ0n) is 9.74. The van der Waals surface area contributed by atoms with Gasteiger partial charge in [0.2, 0.25) is 0 Å². The maximum atomic E-state index is 13.1. The fourth-order valence-electron chi connectivity index (χ4n) is 1.11. The van der Waals surface area contributed by atoms with Crippen LogP contribution < -0.4 is 5.32 Å². The summed E-state index contributed by atoms with van der Waals surface area (Å²) in [4.78, 5) is 5.92. The lowest BCUT2D eigenvalue weighted by Crippen LogP contribution is -2.20. The number of aromatic nitrogens is 1. The van der Waals surface area contributed by atoms with Gasteiger partial charge < -0.3 is 15.0 Å². The summed E-state index contributed by atoms with van der Waals surface area (Å²) >= 11 is 0. The molecule has 16 heavy (non-hydrogen) atoms. The van der Waals surface area contributed by atoms with E-state index >= 15 is 0 Å². The van der Waals surface area contributed by atoms with Crippen LogP contribution in [-0.4, -0.2) is 50.3 Å². The van der Waals surface area contributed by atoms with Gasteiger partial charge in [0.25, 0.3) is 0 Å². The van der Waals surface area contributed by atoms with Gasteiger partial charge in [0.1, 0.15) is 0 Å². The predicted octanol–water partition coefficient (Wildman–Crippen LogP) is 1.21. The lowest BCUT2D eigenvalue weighted by Gasteiger charge is -2.10. The van der Waals surface area contributed by atoms with Crippen molar-refractivity contribution in [3.63, 3.8) is 0 Å². The molecule has 0 saturated carbocycles. The summed E-state index contributed by atoms with van der Waals surface area (Å²) in [7, 11) is 3.98.